The molecule has 0 aromatic carbocycles. The Hall–Kier alpha value is 0.408. The van der Waals surface area contributed by atoms with Gasteiger partial charge >= 0.3 is 108 Å². The van der Waals surface area contributed by atoms with Gasteiger partial charge in [-0.3, -0.25) is 0 Å². The van der Waals surface area contributed by atoms with Crippen LogP contribution >= 0.6 is 0 Å². The Morgan fingerprint density at radius 3 is 1.56 bits per heavy atom. The zero-order valence-electron chi connectivity index (χ0n) is 11.7. The van der Waals surface area contributed by atoms with Crippen LogP contribution in [0, 0.1) is 0 Å². The predicted octanol–water partition coefficient (Wildman–Crippen LogP) is 3.10. The van der Waals surface area contributed by atoms with Gasteiger partial charge in [0.25, 0.3) is 0 Å². The van der Waals surface area contributed by atoms with Crippen LogP contribution in [0.5, 0.6) is 0 Å². The zero-order chi connectivity index (χ0) is 12.4. The summed E-state index contributed by atoms with van der Waals surface area (Å²) in [6, 6.07) is 0. The van der Waals surface area contributed by atoms with E-state index in [4.69, 9.17) is 3.50 Å². The Kier molecular flexibility index (Phi) is 10.8. The summed E-state index contributed by atoms with van der Waals surface area (Å²) < 4.78 is 10.3. The van der Waals surface area contributed by atoms with Crippen molar-refractivity contribution in [1.29, 1.82) is 0 Å². The molecule has 0 aromatic rings. The molecule has 0 saturated carbocycles. The minimum atomic E-state index is -1.80. The van der Waals surface area contributed by atoms with E-state index in [1.807, 2.05) is 0 Å². The van der Waals surface area contributed by atoms with Crippen molar-refractivity contribution in [3.63, 3.8) is 0 Å². The summed E-state index contributed by atoms with van der Waals surface area (Å²) >= 11 is -1.80. The van der Waals surface area contributed by atoms with Crippen molar-refractivity contribution < 1.29 is 17.6 Å². The van der Waals surface area contributed by atoms with E-state index < -0.39 is 17.6 Å². The molecule has 0 rings (SSSR count). The molecule has 0 bridgehead atoms. The summed E-state index contributed by atoms with van der Waals surface area (Å²) in [7, 11) is 0. The standard InChI is InChI=1S/2C4H10N.C4H9N.W/c2*1-3-5-4-2;1-2-3-4-5;/h2*3-4H2,1-2H3;2-4H2,1H3;/q2*-1;;+2. The molecule has 4 heteroatoms. The van der Waals surface area contributed by atoms with Crippen LogP contribution in [0.3, 0.4) is 0 Å². The van der Waals surface area contributed by atoms with Crippen LogP contribution in [0.15, 0.2) is 3.50 Å². The Morgan fingerprint density at radius 2 is 1.25 bits per heavy atom. The van der Waals surface area contributed by atoms with Crippen LogP contribution in [0.25, 0.3) is 0 Å². The SMILES string of the molecule is CCCC[N]=[W]([N](CC)CC)[N](CC)CC. The van der Waals surface area contributed by atoms with Gasteiger partial charge in [-0.05, 0) is 0 Å². The number of hydrogen-bond acceptors (Lipinski definition) is 1. The van der Waals surface area contributed by atoms with Crippen molar-refractivity contribution in [3.8, 4) is 0 Å². The van der Waals surface area contributed by atoms with Crippen LogP contribution in [0.1, 0.15) is 47.5 Å². The number of nitrogens with zero attached hydrogens (tertiary/aromatic N) is 3. The number of rotatable bonds is 9. The molecule has 0 fully saturated rings. The molecule has 0 aliphatic carbocycles. The first-order chi connectivity index (χ1) is 7.74. The first-order valence-corrected chi connectivity index (χ1v) is 10.6. The van der Waals surface area contributed by atoms with E-state index in [9.17, 15) is 0 Å². The minimum absolute atomic E-state index is 1.08. The third-order valence-corrected chi connectivity index (χ3v) is 11.1. The fourth-order valence-corrected chi connectivity index (χ4v) is 8.26. The average Bonchev–Trinajstić information content (AvgIpc) is 2.31. The molecule has 0 amide bonds. The summed E-state index contributed by atoms with van der Waals surface area (Å²) in [5.74, 6) is 0. The van der Waals surface area contributed by atoms with Crippen molar-refractivity contribution >= 4 is 0 Å². The van der Waals surface area contributed by atoms with E-state index in [1.165, 1.54) is 12.8 Å². The molecule has 16 heavy (non-hydrogen) atoms. The van der Waals surface area contributed by atoms with Crippen LogP contribution in [0.4, 0.5) is 0 Å². The van der Waals surface area contributed by atoms with E-state index in [0.29, 0.717) is 0 Å². The van der Waals surface area contributed by atoms with Crippen LogP contribution in [-0.2, 0) is 17.6 Å². The van der Waals surface area contributed by atoms with E-state index >= 15 is 0 Å². The molecule has 0 radical (unpaired) electrons. The van der Waals surface area contributed by atoms with Gasteiger partial charge in [0.2, 0.25) is 0 Å². The molecule has 0 N–H and O–H groups in total. The summed E-state index contributed by atoms with van der Waals surface area (Å²) in [6.45, 7) is 17.0. The van der Waals surface area contributed by atoms with Crippen molar-refractivity contribution in [1.82, 2.24) is 6.92 Å². The molecule has 98 valence electrons. The molecule has 0 aromatic heterocycles. The summed E-state index contributed by atoms with van der Waals surface area (Å²) in [5.41, 5.74) is 0. The van der Waals surface area contributed by atoms with E-state index in [1.54, 1.807) is 0 Å². The second-order valence-electron chi connectivity index (χ2n) is 3.68. The monoisotopic (exact) mass is 399 g/mol. The Bertz CT molecular complexity index is 173. The van der Waals surface area contributed by atoms with Gasteiger partial charge < -0.3 is 0 Å². The molecule has 0 saturated heterocycles. The van der Waals surface area contributed by atoms with Crippen molar-refractivity contribution in [2.75, 3.05) is 32.7 Å². The Labute approximate surface area is 108 Å². The Morgan fingerprint density at radius 1 is 0.812 bits per heavy atom. The molecule has 0 aliphatic rings. The molecular formula is C12H29N3W. The van der Waals surface area contributed by atoms with E-state index in [-0.39, 0.29) is 0 Å². The number of unbranched alkanes of at least 4 members (excludes halogenated alkanes) is 1. The predicted molar refractivity (Wildman–Crippen MR) is 68.0 cm³/mol. The summed E-state index contributed by atoms with van der Waals surface area (Å²) in [5, 5.41) is 0. The van der Waals surface area contributed by atoms with Crippen molar-refractivity contribution in [2.45, 2.75) is 47.5 Å². The third kappa shape index (κ3) is 5.65. The molecule has 0 spiro atoms. The van der Waals surface area contributed by atoms with E-state index in [2.05, 4.69) is 41.5 Å². The van der Waals surface area contributed by atoms with Gasteiger partial charge in [0, 0.05) is 0 Å². The zero-order valence-corrected chi connectivity index (χ0v) is 14.6. The van der Waals surface area contributed by atoms with Crippen molar-refractivity contribution in [3.05, 3.63) is 0 Å². The van der Waals surface area contributed by atoms with Crippen LogP contribution < -0.4 is 0 Å². The molecule has 0 atom stereocenters. The fourth-order valence-electron chi connectivity index (χ4n) is 1.54. The molecule has 0 aliphatic heterocycles. The van der Waals surface area contributed by atoms with Gasteiger partial charge in [0.1, 0.15) is 0 Å². The van der Waals surface area contributed by atoms with Crippen LogP contribution in [-0.4, -0.2) is 39.6 Å². The maximum atomic E-state index is 5.04. The van der Waals surface area contributed by atoms with Gasteiger partial charge in [0.05, 0.1) is 0 Å². The summed E-state index contributed by atoms with van der Waals surface area (Å²) in [4.78, 5) is 0. The number of hydrogen-bond donors (Lipinski definition) is 0. The molecule has 0 unspecified atom stereocenters. The second-order valence-corrected chi connectivity index (χ2v) is 10.1. The second kappa shape index (κ2) is 10.6. The van der Waals surface area contributed by atoms with E-state index in [0.717, 1.165) is 32.7 Å². The third-order valence-electron chi connectivity index (χ3n) is 2.59. The topological polar surface area (TPSA) is 18.8 Å². The first-order valence-electron chi connectivity index (χ1n) is 6.66. The van der Waals surface area contributed by atoms with Crippen LogP contribution in [0.2, 0.25) is 0 Å². The summed E-state index contributed by atoms with van der Waals surface area (Å²) in [6.07, 6.45) is 2.52. The van der Waals surface area contributed by atoms with Gasteiger partial charge in [-0.2, -0.15) is 0 Å². The van der Waals surface area contributed by atoms with Gasteiger partial charge in [-0.25, -0.2) is 0 Å². The molecule has 0 heterocycles. The molecule has 3 nitrogen and oxygen atoms in total. The van der Waals surface area contributed by atoms with Gasteiger partial charge in [-0.1, -0.05) is 0 Å². The van der Waals surface area contributed by atoms with Gasteiger partial charge in [0.15, 0.2) is 0 Å². The Balaban J connectivity index is 4.65. The van der Waals surface area contributed by atoms with Gasteiger partial charge in [-0.15, -0.1) is 0 Å². The molecular weight excluding hydrogens is 370 g/mol. The first kappa shape index (κ1) is 16.4. The van der Waals surface area contributed by atoms with Crippen molar-refractivity contribution in [2.24, 2.45) is 3.50 Å². The fraction of sp³-hybridized carbons (Fsp3) is 1.00. The average molecular weight is 399 g/mol. The quantitative estimate of drug-likeness (QED) is 0.555. The maximum absolute atomic E-state index is 5.04. The normalized spacial score (nSPS) is 11.8.